The fourth-order valence-corrected chi connectivity index (χ4v) is 2.58. The van der Waals surface area contributed by atoms with Crippen LogP contribution in [0, 0.1) is 3.57 Å². The number of hydrogen-bond donors (Lipinski definition) is 0. The third-order valence-corrected chi connectivity index (χ3v) is 3.96. The molecule has 2 heteroatoms. The number of piperidine rings is 1. The Labute approximate surface area is 106 Å². The van der Waals surface area contributed by atoms with Crippen molar-refractivity contribution in [2.24, 2.45) is 0 Å². The summed E-state index contributed by atoms with van der Waals surface area (Å²) in [7, 11) is 0. The van der Waals surface area contributed by atoms with Crippen molar-refractivity contribution >= 4 is 22.6 Å². The van der Waals surface area contributed by atoms with E-state index >= 15 is 0 Å². The van der Waals surface area contributed by atoms with Crippen LogP contribution in [0.5, 0.6) is 0 Å². The summed E-state index contributed by atoms with van der Waals surface area (Å²) in [4.78, 5) is 2.60. The highest BCUT2D eigenvalue weighted by molar-refractivity contribution is 14.1. The smallest absolute Gasteiger partial charge is 0.0236 e. The van der Waals surface area contributed by atoms with E-state index in [4.69, 9.17) is 0 Å². The van der Waals surface area contributed by atoms with Gasteiger partial charge in [0.15, 0.2) is 0 Å². The Morgan fingerprint density at radius 1 is 1.27 bits per heavy atom. The van der Waals surface area contributed by atoms with Crippen LogP contribution >= 0.6 is 22.6 Å². The first-order chi connectivity index (χ1) is 7.25. The molecule has 1 saturated heterocycles. The number of likely N-dealkylation sites (tertiary alicyclic amines) is 1. The van der Waals surface area contributed by atoms with E-state index in [1.54, 1.807) is 0 Å². The van der Waals surface area contributed by atoms with E-state index in [0.717, 1.165) is 12.6 Å². The first kappa shape index (κ1) is 11.4. The minimum absolute atomic E-state index is 0.762. The average Bonchev–Trinajstić information content (AvgIpc) is 2.25. The molecule has 0 aliphatic carbocycles. The van der Waals surface area contributed by atoms with Crippen LogP contribution in [0.15, 0.2) is 24.3 Å². The van der Waals surface area contributed by atoms with Crippen molar-refractivity contribution in [3.63, 3.8) is 0 Å². The molecule has 1 aliphatic rings. The first-order valence-electron chi connectivity index (χ1n) is 5.74. The van der Waals surface area contributed by atoms with Gasteiger partial charge in [-0.1, -0.05) is 18.6 Å². The standard InChI is InChI=1S/C13H18IN/c1-11-4-2-3-9-15(11)10-12-5-7-13(14)8-6-12/h5-8,11H,2-4,9-10H2,1H3. The van der Waals surface area contributed by atoms with Gasteiger partial charge in [-0.25, -0.2) is 0 Å². The van der Waals surface area contributed by atoms with E-state index < -0.39 is 0 Å². The van der Waals surface area contributed by atoms with Gasteiger partial charge < -0.3 is 0 Å². The van der Waals surface area contributed by atoms with E-state index in [9.17, 15) is 0 Å². The zero-order valence-corrected chi connectivity index (χ0v) is 11.4. The lowest BCUT2D eigenvalue weighted by molar-refractivity contribution is 0.152. The number of benzene rings is 1. The maximum Gasteiger partial charge on any atom is 0.0236 e. The largest absolute Gasteiger partial charge is 0.296 e. The highest BCUT2D eigenvalue weighted by atomic mass is 127. The zero-order valence-electron chi connectivity index (χ0n) is 9.25. The zero-order chi connectivity index (χ0) is 10.7. The predicted molar refractivity (Wildman–Crippen MR) is 72.9 cm³/mol. The van der Waals surface area contributed by atoms with Crippen LogP contribution in [0.4, 0.5) is 0 Å². The van der Waals surface area contributed by atoms with Crippen LogP contribution in [0.2, 0.25) is 0 Å². The molecule has 1 nitrogen and oxygen atoms in total. The first-order valence-corrected chi connectivity index (χ1v) is 6.82. The molecule has 0 bridgehead atoms. The Morgan fingerprint density at radius 3 is 2.67 bits per heavy atom. The molecule has 2 rings (SSSR count). The Kier molecular flexibility index (Phi) is 4.03. The summed E-state index contributed by atoms with van der Waals surface area (Å²) in [5.74, 6) is 0. The molecule has 82 valence electrons. The SMILES string of the molecule is CC1CCCCN1Cc1ccc(I)cc1. The molecule has 0 N–H and O–H groups in total. The molecule has 1 heterocycles. The van der Waals surface area contributed by atoms with Gasteiger partial charge in [0.2, 0.25) is 0 Å². The van der Waals surface area contributed by atoms with Crippen molar-refractivity contribution in [1.82, 2.24) is 4.90 Å². The van der Waals surface area contributed by atoms with Gasteiger partial charge in [-0.05, 0) is 66.6 Å². The molecule has 1 aromatic rings. The monoisotopic (exact) mass is 315 g/mol. The molecule has 1 aliphatic heterocycles. The summed E-state index contributed by atoms with van der Waals surface area (Å²) >= 11 is 2.36. The van der Waals surface area contributed by atoms with Gasteiger partial charge in [0.05, 0.1) is 0 Å². The van der Waals surface area contributed by atoms with Gasteiger partial charge in [0.25, 0.3) is 0 Å². The molecule has 0 spiro atoms. The van der Waals surface area contributed by atoms with Gasteiger partial charge in [-0.2, -0.15) is 0 Å². The van der Waals surface area contributed by atoms with Crippen LogP contribution in [0.1, 0.15) is 31.7 Å². The Morgan fingerprint density at radius 2 is 2.00 bits per heavy atom. The molecule has 0 radical (unpaired) electrons. The summed E-state index contributed by atoms with van der Waals surface area (Å²) in [5, 5.41) is 0. The van der Waals surface area contributed by atoms with Crippen molar-refractivity contribution < 1.29 is 0 Å². The van der Waals surface area contributed by atoms with Crippen molar-refractivity contribution in [2.45, 2.75) is 38.8 Å². The second kappa shape index (κ2) is 5.30. The minimum Gasteiger partial charge on any atom is -0.296 e. The van der Waals surface area contributed by atoms with E-state index in [1.165, 1.54) is 34.9 Å². The average molecular weight is 315 g/mol. The summed E-state index contributed by atoms with van der Waals surface area (Å²) in [6.07, 6.45) is 4.14. The van der Waals surface area contributed by atoms with Crippen LogP contribution in [-0.2, 0) is 6.54 Å². The van der Waals surface area contributed by atoms with Gasteiger partial charge in [0, 0.05) is 16.2 Å². The maximum absolute atomic E-state index is 2.60. The van der Waals surface area contributed by atoms with Crippen LogP contribution in [0.3, 0.4) is 0 Å². The van der Waals surface area contributed by atoms with Crippen LogP contribution < -0.4 is 0 Å². The second-order valence-electron chi connectivity index (χ2n) is 4.44. The minimum atomic E-state index is 0.762. The highest BCUT2D eigenvalue weighted by Gasteiger charge is 2.17. The predicted octanol–water partition coefficient (Wildman–Crippen LogP) is 3.67. The molecule has 0 aromatic heterocycles. The van der Waals surface area contributed by atoms with Gasteiger partial charge in [-0.3, -0.25) is 4.90 Å². The fraction of sp³-hybridized carbons (Fsp3) is 0.538. The van der Waals surface area contributed by atoms with Gasteiger partial charge >= 0.3 is 0 Å². The quantitative estimate of drug-likeness (QED) is 0.753. The van der Waals surface area contributed by atoms with Crippen LogP contribution in [-0.4, -0.2) is 17.5 Å². The molecular formula is C13H18IN. The molecule has 0 saturated carbocycles. The summed E-state index contributed by atoms with van der Waals surface area (Å²) in [6, 6.07) is 9.67. The molecule has 1 aromatic carbocycles. The Balaban J connectivity index is 1.98. The summed E-state index contributed by atoms with van der Waals surface area (Å²) in [6.45, 7) is 4.75. The molecule has 0 amide bonds. The molecule has 1 unspecified atom stereocenters. The third-order valence-electron chi connectivity index (χ3n) is 3.24. The number of rotatable bonds is 2. The molecule has 1 fully saturated rings. The number of halogens is 1. The summed E-state index contributed by atoms with van der Waals surface area (Å²) in [5.41, 5.74) is 1.45. The molecule has 1 atom stereocenters. The van der Waals surface area contributed by atoms with Gasteiger partial charge in [0.1, 0.15) is 0 Å². The van der Waals surface area contributed by atoms with E-state index in [-0.39, 0.29) is 0 Å². The lowest BCUT2D eigenvalue weighted by atomic mass is 10.0. The lowest BCUT2D eigenvalue weighted by Crippen LogP contribution is -2.36. The van der Waals surface area contributed by atoms with Crippen molar-refractivity contribution in [1.29, 1.82) is 0 Å². The van der Waals surface area contributed by atoms with Crippen molar-refractivity contribution in [2.75, 3.05) is 6.54 Å². The number of hydrogen-bond acceptors (Lipinski definition) is 1. The normalized spacial score (nSPS) is 22.9. The third kappa shape index (κ3) is 3.18. The topological polar surface area (TPSA) is 3.24 Å². The second-order valence-corrected chi connectivity index (χ2v) is 5.69. The fourth-order valence-electron chi connectivity index (χ4n) is 2.22. The lowest BCUT2D eigenvalue weighted by Gasteiger charge is -2.33. The van der Waals surface area contributed by atoms with E-state index in [0.29, 0.717) is 0 Å². The molecule has 15 heavy (non-hydrogen) atoms. The van der Waals surface area contributed by atoms with E-state index in [2.05, 4.69) is 58.7 Å². The van der Waals surface area contributed by atoms with Crippen LogP contribution in [0.25, 0.3) is 0 Å². The number of nitrogens with zero attached hydrogens (tertiary/aromatic N) is 1. The Hall–Kier alpha value is -0.0900. The summed E-state index contributed by atoms with van der Waals surface area (Å²) < 4.78 is 1.32. The van der Waals surface area contributed by atoms with Gasteiger partial charge in [-0.15, -0.1) is 0 Å². The van der Waals surface area contributed by atoms with Crippen molar-refractivity contribution in [3.8, 4) is 0 Å². The van der Waals surface area contributed by atoms with E-state index in [1.807, 2.05) is 0 Å². The van der Waals surface area contributed by atoms with Crippen molar-refractivity contribution in [3.05, 3.63) is 33.4 Å². The maximum atomic E-state index is 2.60. The molecular weight excluding hydrogens is 297 g/mol. The highest BCUT2D eigenvalue weighted by Crippen LogP contribution is 2.19. The Bertz CT molecular complexity index is 307.